The Morgan fingerprint density at radius 2 is 1.90 bits per heavy atom. The van der Waals surface area contributed by atoms with Crippen molar-refractivity contribution in [3.63, 3.8) is 0 Å². The number of carbonyl (C=O) groups is 1. The van der Waals surface area contributed by atoms with Gasteiger partial charge in [0.05, 0.1) is 30.4 Å². The van der Waals surface area contributed by atoms with Gasteiger partial charge < -0.3 is 29.0 Å². The summed E-state index contributed by atoms with van der Waals surface area (Å²) in [5, 5.41) is 4.59. The van der Waals surface area contributed by atoms with Crippen molar-refractivity contribution in [2.75, 3.05) is 32.9 Å². The molecule has 0 amide bonds. The fourth-order valence-corrected chi connectivity index (χ4v) is 4.60. The Balaban J connectivity index is 0.000000686. The molecule has 3 atom stereocenters. The smallest absolute Gasteiger partial charge is 0.351 e. The van der Waals surface area contributed by atoms with E-state index in [9.17, 15) is 27.2 Å². The van der Waals surface area contributed by atoms with Crippen molar-refractivity contribution in [3.05, 3.63) is 64.2 Å². The average Bonchev–Trinajstić information content (AvgIpc) is 3.26. The van der Waals surface area contributed by atoms with Crippen LogP contribution in [0, 0.1) is 0 Å². The summed E-state index contributed by atoms with van der Waals surface area (Å²) in [5.74, 6) is -3.17. The largest absolute Gasteiger partial charge is 0.436 e. The van der Waals surface area contributed by atoms with Crippen LogP contribution in [0.2, 0.25) is 5.02 Å². The highest BCUT2D eigenvalue weighted by Crippen LogP contribution is 2.44. The van der Waals surface area contributed by atoms with Gasteiger partial charge in [-0.2, -0.15) is 4.98 Å². The molecule has 1 fully saturated rings. The highest BCUT2D eigenvalue weighted by Gasteiger charge is 2.52. The van der Waals surface area contributed by atoms with Gasteiger partial charge in [-0.25, -0.2) is 27.4 Å². The number of fused-ring (bicyclic) bond motifs is 1. The first-order valence-electron chi connectivity index (χ1n) is 12.4. The molecule has 2 heterocycles. The summed E-state index contributed by atoms with van der Waals surface area (Å²) in [7, 11) is -0.155. The monoisotopic (exact) mass is 638 g/mol. The van der Waals surface area contributed by atoms with E-state index in [1.807, 2.05) is 44.2 Å². The summed E-state index contributed by atoms with van der Waals surface area (Å²) in [4.78, 5) is 26.3. The van der Waals surface area contributed by atoms with Crippen molar-refractivity contribution in [3.8, 4) is 5.75 Å². The molecule has 1 aliphatic rings. The van der Waals surface area contributed by atoms with Gasteiger partial charge >= 0.3 is 14.2 Å². The molecule has 0 bridgehead atoms. The van der Waals surface area contributed by atoms with Crippen LogP contribution in [0.3, 0.4) is 0 Å². The third-order valence-electron chi connectivity index (χ3n) is 5.43. The zero-order chi connectivity index (χ0) is 31.3. The molecule has 42 heavy (non-hydrogen) atoms. The SMILES string of the molecule is COC(C)C.FCF.Nc1nc(=O)n(C2OC(COP(NCC=O)Oc3ccc4ccccc4c3)CC2(F)F)cc1Cl. The summed E-state index contributed by atoms with van der Waals surface area (Å²) in [6.45, 7) is 1.91. The van der Waals surface area contributed by atoms with Crippen LogP contribution >= 0.6 is 20.1 Å². The number of nitrogens with zero attached hydrogens (tertiary/aromatic N) is 2. The molecule has 0 aliphatic carbocycles. The van der Waals surface area contributed by atoms with Crippen LogP contribution in [0.5, 0.6) is 5.75 Å². The number of aromatic nitrogens is 2. The summed E-state index contributed by atoms with van der Waals surface area (Å²) in [5.41, 5.74) is 4.44. The lowest BCUT2D eigenvalue weighted by molar-refractivity contribution is -0.119. The summed E-state index contributed by atoms with van der Waals surface area (Å²) < 4.78 is 70.8. The van der Waals surface area contributed by atoms with E-state index in [0.29, 0.717) is 22.7 Å². The van der Waals surface area contributed by atoms with E-state index in [0.717, 1.165) is 17.0 Å². The number of methoxy groups -OCH3 is 1. The first-order valence-corrected chi connectivity index (χ1v) is 14.0. The molecule has 0 spiro atoms. The maximum Gasteiger partial charge on any atom is 0.351 e. The number of anilines is 1. The second-order valence-corrected chi connectivity index (χ2v) is 10.5. The van der Waals surface area contributed by atoms with Gasteiger partial charge in [0.1, 0.15) is 17.9 Å². The average molecular weight is 639 g/mol. The number of benzene rings is 2. The molecular weight excluding hydrogens is 607 g/mol. The van der Waals surface area contributed by atoms with Crippen molar-refractivity contribution in [2.24, 2.45) is 0 Å². The summed E-state index contributed by atoms with van der Waals surface area (Å²) in [6, 6.07) is 13.1. The molecule has 232 valence electrons. The number of alkyl halides is 4. The van der Waals surface area contributed by atoms with Crippen molar-refractivity contribution >= 4 is 43.0 Å². The molecule has 1 aliphatic heterocycles. The van der Waals surface area contributed by atoms with Gasteiger partial charge in [0.25, 0.3) is 5.92 Å². The molecular formula is C26H32ClF4N4O6P. The number of halogens is 5. The van der Waals surface area contributed by atoms with Gasteiger partial charge in [0.15, 0.2) is 0 Å². The fraction of sp³-hybridized carbons (Fsp3) is 0.423. The zero-order valence-corrected chi connectivity index (χ0v) is 24.7. The number of ether oxygens (including phenoxy) is 2. The van der Waals surface area contributed by atoms with Crippen LogP contribution < -0.4 is 21.0 Å². The Hall–Kier alpha value is -2.87. The number of carbonyl (C=O) groups excluding carboxylic acids is 1. The Morgan fingerprint density at radius 3 is 2.52 bits per heavy atom. The van der Waals surface area contributed by atoms with Gasteiger partial charge in [-0.1, -0.05) is 41.9 Å². The number of hydrogen-bond acceptors (Lipinski definition) is 9. The van der Waals surface area contributed by atoms with E-state index in [4.69, 9.17) is 35.9 Å². The molecule has 1 saturated heterocycles. The van der Waals surface area contributed by atoms with E-state index >= 15 is 0 Å². The highest BCUT2D eigenvalue weighted by molar-refractivity contribution is 7.45. The minimum absolute atomic E-state index is 0.0609. The van der Waals surface area contributed by atoms with Crippen LogP contribution in [0.4, 0.5) is 23.4 Å². The predicted octanol–water partition coefficient (Wildman–Crippen LogP) is 5.59. The molecule has 0 saturated carbocycles. The van der Waals surface area contributed by atoms with Gasteiger partial charge in [-0.15, -0.1) is 0 Å². The van der Waals surface area contributed by atoms with Crippen molar-refractivity contribution < 1.29 is 40.9 Å². The first kappa shape index (κ1) is 35.3. The highest BCUT2D eigenvalue weighted by atomic mass is 35.5. The van der Waals surface area contributed by atoms with Crippen LogP contribution in [-0.4, -0.2) is 61.2 Å². The molecule has 0 radical (unpaired) electrons. The second kappa shape index (κ2) is 17.3. The number of nitrogens with one attached hydrogen (secondary N) is 1. The van der Waals surface area contributed by atoms with Crippen molar-refractivity contribution in [1.29, 1.82) is 0 Å². The maximum absolute atomic E-state index is 14.6. The minimum Gasteiger partial charge on any atom is -0.436 e. The Morgan fingerprint density at radius 1 is 1.26 bits per heavy atom. The van der Waals surface area contributed by atoms with E-state index in [1.54, 1.807) is 19.2 Å². The topological polar surface area (TPSA) is 127 Å². The molecule has 2 aromatic carbocycles. The number of aldehydes is 1. The molecule has 4 rings (SSSR count). The normalized spacial score (nSPS) is 18.0. The molecule has 3 aromatic rings. The van der Waals surface area contributed by atoms with E-state index < -0.39 is 45.8 Å². The number of nitrogens with two attached hydrogens (primary N) is 1. The van der Waals surface area contributed by atoms with Crippen molar-refractivity contribution in [2.45, 2.75) is 44.6 Å². The third kappa shape index (κ3) is 10.8. The lowest BCUT2D eigenvalue weighted by Crippen LogP contribution is -2.35. The first-order chi connectivity index (χ1) is 19.9. The van der Waals surface area contributed by atoms with Gasteiger partial charge in [-0.05, 0) is 36.8 Å². The third-order valence-corrected chi connectivity index (χ3v) is 6.92. The van der Waals surface area contributed by atoms with Gasteiger partial charge in [0, 0.05) is 19.7 Å². The molecule has 3 unspecified atom stereocenters. The zero-order valence-electron chi connectivity index (χ0n) is 23.0. The lowest BCUT2D eigenvalue weighted by atomic mass is 10.1. The second-order valence-electron chi connectivity index (χ2n) is 8.81. The van der Waals surface area contributed by atoms with Crippen LogP contribution in [0.1, 0.15) is 26.5 Å². The lowest BCUT2D eigenvalue weighted by Gasteiger charge is -2.21. The Labute approximate surface area is 246 Å². The van der Waals surface area contributed by atoms with Crippen LogP contribution in [0.15, 0.2) is 53.5 Å². The number of nitrogen functional groups attached to an aromatic ring is 1. The Kier molecular flexibility index (Phi) is 14.5. The maximum atomic E-state index is 14.6. The molecule has 1 aromatic heterocycles. The number of rotatable bonds is 10. The summed E-state index contributed by atoms with van der Waals surface area (Å²) in [6.07, 6.45) is -1.71. The molecule has 10 nitrogen and oxygen atoms in total. The number of hydrogen-bond donors (Lipinski definition) is 2. The predicted molar refractivity (Wildman–Crippen MR) is 152 cm³/mol. The van der Waals surface area contributed by atoms with Gasteiger partial charge in [-0.3, -0.25) is 4.57 Å². The minimum atomic E-state index is -3.39. The van der Waals surface area contributed by atoms with Crippen LogP contribution in [-0.2, 0) is 18.8 Å². The van der Waals surface area contributed by atoms with E-state index in [-0.39, 0.29) is 24.0 Å². The van der Waals surface area contributed by atoms with Crippen molar-refractivity contribution in [1.82, 2.24) is 14.6 Å². The summed E-state index contributed by atoms with van der Waals surface area (Å²) >= 11 is 5.84. The molecule has 3 N–H and O–H groups in total. The van der Waals surface area contributed by atoms with E-state index in [2.05, 4.69) is 10.1 Å². The van der Waals surface area contributed by atoms with E-state index in [1.165, 1.54) is 0 Å². The Bertz CT molecular complexity index is 1340. The van der Waals surface area contributed by atoms with Gasteiger partial charge in [0.2, 0.25) is 13.2 Å². The van der Waals surface area contributed by atoms with Crippen LogP contribution in [0.25, 0.3) is 10.8 Å². The quantitative estimate of drug-likeness (QED) is 0.166. The fourth-order valence-electron chi connectivity index (χ4n) is 3.41. The standard InChI is InChI=1S/C21H20ClF2N4O5P.C4H10O.CH2F2/c22-17-11-28(20(30)27-18(17)25)19-21(23,24)10-16(32-19)12-31-34(26-7-8-29)33-15-6-5-13-3-1-2-4-14(13)9-15;1-4(2)5-3;2-1-3/h1-6,8-9,11,16,19,26H,7,10,12H2,(H2,25,27,30);4H,1-3H3;1H2. The molecule has 16 heteroatoms.